The maximum absolute atomic E-state index is 12.2. The summed E-state index contributed by atoms with van der Waals surface area (Å²) in [5.41, 5.74) is 22.4. The average molecular weight is 608 g/mol. The molecule has 6 N–H and O–H groups in total. The first-order valence-electron chi connectivity index (χ1n) is 15.3. The van der Waals surface area contributed by atoms with Crippen LogP contribution in [0.3, 0.4) is 0 Å². The highest BCUT2D eigenvalue weighted by molar-refractivity contribution is 5.91. The van der Waals surface area contributed by atoms with Gasteiger partial charge in [0.25, 0.3) is 0 Å². The minimum absolute atomic E-state index is 0.0876. The fourth-order valence-corrected chi connectivity index (χ4v) is 4.17. The van der Waals surface area contributed by atoms with Crippen LogP contribution < -0.4 is 17.2 Å². The Labute approximate surface area is 264 Å². The Morgan fingerprint density at radius 3 is 1.48 bits per heavy atom. The molecule has 0 aliphatic carbocycles. The molecule has 0 spiro atoms. The molecule has 0 amide bonds. The standard InChI is InChI=1S/C22H21N.C8H8F3N.C5H12.C2H6.CH5N/c1-17(18-10-4-2-5-11-18)21(19-12-6-3-7-13-19)16-20-14-8-9-15-22(20)23;9-8(10,11)7-4-2-1-3-6(7)5-12;1-3-5-4-2;2*1-2/h2-15H,16,23H2,1H3;1-4H,5,12H2;3-5H2,1-2H3;1-2H3;2H2,1H3/b21-17-;;;;. The van der Waals surface area contributed by atoms with Gasteiger partial charge in [0.15, 0.2) is 0 Å². The monoisotopic (exact) mass is 607 g/mol. The first-order valence-corrected chi connectivity index (χ1v) is 15.3. The summed E-state index contributed by atoms with van der Waals surface area (Å²) >= 11 is 0. The maximum atomic E-state index is 12.2. The summed E-state index contributed by atoms with van der Waals surface area (Å²) in [6, 6.07) is 34.5. The van der Waals surface area contributed by atoms with E-state index in [1.54, 1.807) is 0 Å². The quantitative estimate of drug-likeness (QED) is 0.144. The summed E-state index contributed by atoms with van der Waals surface area (Å²) in [5.74, 6) is 0. The number of nitrogens with two attached hydrogens (primary N) is 3. The topological polar surface area (TPSA) is 78.1 Å². The number of para-hydroxylation sites is 1. The molecule has 4 rings (SSSR count). The van der Waals surface area contributed by atoms with E-state index in [1.807, 2.05) is 38.1 Å². The summed E-state index contributed by atoms with van der Waals surface area (Å²) in [6.45, 7) is 10.5. The summed E-state index contributed by atoms with van der Waals surface area (Å²) in [7, 11) is 1.50. The molecule has 0 heterocycles. The lowest BCUT2D eigenvalue weighted by molar-refractivity contribution is -0.138. The first-order chi connectivity index (χ1) is 21.2. The van der Waals surface area contributed by atoms with Crippen LogP contribution >= 0.6 is 0 Å². The van der Waals surface area contributed by atoms with Crippen molar-refractivity contribution in [1.82, 2.24) is 0 Å². The van der Waals surface area contributed by atoms with Crippen molar-refractivity contribution in [3.63, 3.8) is 0 Å². The van der Waals surface area contributed by atoms with Crippen molar-refractivity contribution in [2.24, 2.45) is 11.5 Å². The summed E-state index contributed by atoms with van der Waals surface area (Å²) in [5, 5.41) is 0. The van der Waals surface area contributed by atoms with Crippen molar-refractivity contribution in [2.75, 3.05) is 12.8 Å². The number of halogens is 3. The molecule has 0 unspecified atom stereocenters. The van der Waals surface area contributed by atoms with E-state index in [4.69, 9.17) is 11.5 Å². The third-order valence-corrected chi connectivity index (χ3v) is 6.45. The number of unbranched alkanes of at least 4 members (excludes halogenated alkanes) is 2. The maximum Gasteiger partial charge on any atom is 0.416 e. The third-order valence-electron chi connectivity index (χ3n) is 6.45. The number of anilines is 1. The highest BCUT2D eigenvalue weighted by Gasteiger charge is 2.32. The van der Waals surface area contributed by atoms with E-state index in [2.05, 4.69) is 87.2 Å². The van der Waals surface area contributed by atoms with Gasteiger partial charge < -0.3 is 17.2 Å². The van der Waals surface area contributed by atoms with Gasteiger partial charge in [-0.25, -0.2) is 0 Å². The Morgan fingerprint density at radius 1 is 0.636 bits per heavy atom. The van der Waals surface area contributed by atoms with Crippen LogP contribution in [-0.2, 0) is 19.1 Å². The van der Waals surface area contributed by atoms with Gasteiger partial charge in [0, 0.05) is 18.7 Å². The van der Waals surface area contributed by atoms with Crippen molar-refractivity contribution in [2.45, 2.75) is 73.0 Å². The molecule has 0 radical (unpaired) electrons. The van der Waals surface area contributed by atoms with E-state index in [9.17, 15) is 13.2 Å². The zero-order valence-corrected chi connectivity index (χ0v) is 27.3. The van der Waals surface area contributed by atoms with E-state index in [1.165, 1.54) is 72.3 Å². The number of benzene rings is 4. The molecule has 0 atom stereocenters. The smallest absolute Gasteiger partial charge is 0.398 e. The van der Waals surface area contributed by atoms with Gasteiger partial charge in [0.1, 0.15) is 0 Å². The summed E-state index contributed by atoms with van der Waals surface area (Å²) < 4.78 is 36.5. The molecule has 44 heavy (non-hydrogen) atoms. The fraction of sp³-hybridized carbons (Fsp3) is 0.316. The molecule has 0 aliphatic heterocycles. The molecular weight excluding hydrogens is 555 g/mol. The summed E-state index contributed by atoms with van der Waals surface area (Å²) in [4.78, 5) is 0. The number of hydrogen-bond acceptors (Lipinski definition) is 3. The van der Waals surface area contributed by atoms with E-state index in [-0.39, 0.29) is 12.1 Å². The highest BCUT2D eigenvalue weighted by atomic mass is 19.4. The largest absolute Gasteiger partial charge is 0.416 e. The van der Waals surface area contributed by atoms with Crippen LogP contribution in [-0.4, -0.2) is 7.05 Å². The second kappa shape index (κ2) is 23.6. The normalized spacial score (nSPS) is 10.6. The van der Waals surface area contributed by atoms with E-state index in [0.29, 0.717) is 0 Å². The van der Waals surface area contributed by atoms with Crippen molar-refractivity contribution in [3.05, 3.63) is 137 Å². The molecule has 0 saturated carbocycles. The Hall–Kier alpha value is -3.87. The first kappa shape index (κ1) is 40.1. The molecule has 0 fully saturated rings. The zero-order chi connectivity index (χ0) is 33.4. The molecule has 0 bridgehead atoms. The second-order valence-electron chi connectivity index (χ2n) is 9.42. The van der Waals surface area contributed by atoms with Crippen LogP contribution in [0.4, 0.5) is 18.9 Å². The van der Waals surface area contributed by atoms with Gasteiger partial charge in [0.05, 0.1) is 5.56 Å². The predicted octanol–water partition coefficient (Wildman–Crippen LogP) is 10.4. The Balaban J connectivity index is 0.000000738. The van der Waals surface area contributed by atoms with Crippen LogP contribution in [0, 0.1) is 0 Å². The number of hydrogen-bond donors (Lipinski definition) is 3. The lowest BCUT2D eigenvalue weighted by atomic mass is 9.90. The van der Waals surface area contributed by atoms with E-state index in [0.717, 1.165) is 18.2 Å². The Morgan fingerprint density at radius 2 is 1.07 bits per heavy atom. The second-order valence-corrected chi connectivity index (χ2v) is 9.42. The van der Waals surface area contributed by atoms with Crippen LogP contribution in [0.1, 0.15) is 81.7 Å². The van der Waals surface area contributed by atoms with Gasteiger partial charge in [0.2, 0.25) is 0 Å². The molecule has 6 heteroatoms. The van der Waals surface area contributed by atoms with E-state index >= 15 is 0 Å². The lowest BCUT2D eigenvalue weighted by Crippen LogP contribution is -2.11. The highest BCUT2D eigenvalue weighted by Crippen LogP contribution is 2.32. The van der Waals surface area contributed by atoms with Crippen LogP contribution in [0.15, 0.2) is 109 Å². The number of allylic oxidation sites excluding steroid dienone is 2. The van der Waals surface area contributed by atoms with Gasteiger partial charge >= 0.3 is 6.18 Å². The predicted molar refractivity (Wildman–Crippen MR) is 186 cm³/mol. The molecule has 0 aromatic heterocycles. The summed E-state index contributed by atoms with van der Waals surface area (Å²) in [6.07, 6.45) is 0.611. The average Bonchev–Trinajstić information content (AvgIpc) is 3.07. The Kier molecular flexibility index (Phi) is 21.5. The van der Waals surface area contributed by atoms with Gasteiger partial charge in [-0.2, -0.15) is 13.2 Å². The molecule has 240 valence electrons. The number of nitrogen functional groups attached to an aromatic ring is 1. The number of alkyl halides is 3. The molecular formula is C38H52F3N3. The van der Waals surface area contributed by atoms with Gasteiger partial charge in [-0.3, -0.25) is 0 Å². The lowest BCUT2D eigenvalue weighted by Gasteiger charge is -2.15. The van der Waals surface area contributed by atoms with Crippen LogP contribution in [0.2, 0.25) is 0 Å². The molecule has 4 aromatic rings. The van der Waals surface area contributed by atoms with Gasteiger partial charge in [-0.05, 0) is 59.5 Å². The SMILES string of the molecule is C/C(=C(\Cc1ccccc1N)c1ccccc1)c1ccccc1.CC.CCCCC.CN.NCc1ccccc1C(F)(F)F. The van der Waals surface area contributed by atoms with Crippen molar-refractivity contribution in [1.29, 1.82) is 0 Å². The van der Waals surface area contributed by atoms with Crippen molar-refractivity contribution in [3.8, 4) is 0 Å². The fourth-order valence-electron chi connectivity index (χ4n) is 4.17. The van der Waals surface area contributed by atoms with Crippen molar-refractivity contribution >= 4 is 16.8 Å². The molecule has 0 saturated heterocycles. The minimum Gasteiger partial charge on any atom is -0.398 e. The molecule has 4 aromatic carbocycles. The van der Waals surface area contributed by atoms with Crippen LogP contribution in [0.25, 0.3) is 11.1 Å². The number of rotatable bonds is 7. The minimum atomic E-state index is -4.30. The van der Waals surface area contributed by atoms with Gasteiger partial charge in [-0.1, -0.05) is 144 Å². The van der Waals surface area contributed by atoms with Gasteiger partial charge in [-0.15, -0.1) is 0 Å². The Bertz CT molecular complexity index is 1300. The van der Waals surface area contributed by atoms with Crippen LogP contribution in [0.5, 0.6) is 0 Å². The molecule has 3 nitrogen and oxygen atoms in total. The molecule has 0 aliphatic rings. The van der Waals surface area contributed by atoms with Crippen molar-refractivity contribution < 1.29 is 13.2 Å². The zero-order valence-electron chi connectivity index (χ0n) is 27.3. The third kappa shape index (κ3) is 14.5. The van der Waals surface area contributed by atoms with E-state index < -0.39 is 11.7 Å².